The van der Waals surface area contributed by atoms with Crippen LogP contribution in [-0.2, 0) is 11.2 Å². The van der Waals surface area contributed by atoms with Crippen LogP contribution in [-0.4, -0.2) is 29.3 Å². The van der Waals surface area contributed by atoms with Gasteiger partial charge in [0.25, 0.3) is 0 Å². The van der Waals surface area contributed by atoms with E-state index in [0.29, 0.717) is 13.2 Å². The first-order chi connectivity index (χ1) is 9.70. The van der Waals surface area contributed by atoms with Gasteiger partial charge in [-0.3, -0.25) is 5.32 Å². The molecule has 0 bridgehead atoms. The standard InChI is InChI=1S/C14H17N3O2S/c1-2-19-14(18)17-13(20)15-8-7-10-9-16-12-6-4-3-5-11(10)12/h3-6,9,16H,2,7-8H2,1H3,(H2,15,17,18,20). The molecular formula is C14H17N3O2S. The van der Waals surface area contributed by atoms with Crippen LogP contribution in [0.2, 0.25) is 0 Å². The molecule has 0 fully saturated rings. The average Bonchev–Trinajstić information content (AvgIpc) is 2.82. The molecule has 1 heterocycles. The number of carbonyl (C=O) groups is 1. The second-order valence-electron chi connectivity index (χ2n) is 4.21. The number of rotatable bonds is 4. The summed E-state index contributed by atoms with van der Waals surface area (Å²) in [6.45, 7) is 2.71. The molecule has 0 atom stereocenters. The van der Waals surface area contributed by atoms with Gasteiger partial charge in [0.15, 0.2) is 5.11 Å². The number of hydrogen-bond donors (Lipinski definition) is 3. The lowest BCUT2D eigenvalue weighted by molar-refractivity contribution is 0.157. The SMILES string of the molecule is CCOC(=O)NC(=S)NCCc1c[nH]c2ccccc12. The Balaban J connectivity index is 1.81. The van der Waals surface area contributed by atoms with Crippen LogP contribution in [0, 0.1) is 0 Å². The van der Waals surface area contributed by atoms with Gasteiger partial charge in [-0.25, -0.2) is 4.79 Å². The third-order valence-corrected chi connectivity index (χ3v) is 3.09. The summed E-state index contributed by atoms with van der Waals surface area (Å²) in [7, 11) is 0. The Labute approximate surface area is 122 Å². The zero-order valence-corrected chi connectivity index (χ0v) is 12.0. The number of alkyl carbamates (subject to hydrolysis) is 1. The Morgan fingerprint density at radius 3 is 3.00 bits per heavy atom. The molecule has 0 radical (unpaired) electrons. The zero-order valence-electron chi connectivity index (χ0n) is 11.2. The molecule has 0 saturated heterocycles. The third-order valence-electron chi connectivity index (χ3n) is 2.85. The number of ether oxygens (including phenoxy) is 1. The fraction of sp³-hybridized carbons (Fsp3) is 0.286. The summed E-state index contributed by atoms with van der Waals surface area (Å²) in [6, 6.07) is 8.13. The van der Waals surface area contributed by atoms with Crippen molar-refractivity contribution in [2.45, 2.75) is 13.3 Å². The van der Waals surface area contributed by atoms with Crippen molar-refractivity contribution in [3.63, 3.8) is 0 Å². The molecule has 106 valence electrons. The number of nitrogens with one attached hydrogen (secondary N) is 3. The lowest BCUT2D eigenvalue weighted by Crippen LogP contribution is -2.40. The summed E-state index contributed by atoms with van der Waals surface area (Å²) in [5.74, 6) is 0. The monoisotopic (exact) mass is 291 g/mol. The Morgan fingerprint density at radius 2 is 2.20 bits per heavy atom. The number of aromatic amines is 1. The van der Waals surface area contributed by atoms with Crippen LogP contribution in [0.5, 0.6) is 0 Å². The van der Waals surface area contributed by atoms with Crippen molar-refractivity contribution in [2.24, 2.45) is 0 Å². The predicted octanol–water partition coefficient (Wildman–Crippen LogP) is 2.33. The fourth-order valence-corrected chi connectivity index (χ4v) is 2.14. The van der Waals surface area contributed by atoms with Gasteiger partial charge in [-0.05, 0) is 37.2 Å². The van der Waals surface area contributed by atoms with E-state index in [-0.39, 0.29) is 5.11 Å². The first-order valence-corrected chi connectivity index (χ1v) is 6.88. The summed E-state index contributed by atoms with van der Waals surface area (Å²) in [5.41, 5.74) is 2.33. The lowest BCUT2D eigenvalue weighted by atomic mass is 10.1. The summed E-state index contributed by atoms with van der Waals surface area (Å²) in [4.78, 5) is 14.4. The van der Waals surface area contributed by atoms with E-state index in [0.717, 1.165) is 11.9 Å². The molecule has 0 spiro atoms. The number of aromatic nitrogens is 1. The number of benzene rings is 1. The van der Waals surface area contributed by atoms with E-state index >= 15 is 0 Å². The molecule has 0 aliphatic rings. The number of fused-ring (bicyclic) bond motifs is 1. The van der Waals surface area contributed by atoms with Gasteiger partial charge < -0.3 is 15.0 Å². The predicted molar refractivity (Wildman–Crippen MR) is 82.8 cm³/mol. The first kappa shape index (κ1) is 14.3. The van der Waals surface area contributed by atoms with Gasteiger partial charge in [0.05, 0.1) is 6.61 Å². The largest absolute Gasteiger partial charge is 0.450 e. The van der Waals surface area contributed by atoms with Crippen LogP contribution in [0.4, 0.5) is 4.79 Å². The molecule has 0 saturated carbocycles. The molecule has 6 heteroatoms. The highest BCUT2D eigenvalue weighted by atomic mass is 32.1. The molecule has 2 aromatic rings. The molecule has 3 N–H and O–H groups in total. The van der Waals surface area contributed by atoms with Gasteiger partial charge in [0.2, 0.25) is 0 Å². The van der Waals surface area contributed by atoms with Crippen molar-refractivity contribution < 1.29 is 9.53 Å². The highest BCUT2D eigenvalue weighted by Crippen LogP contribution is 2.17. The Hall–Kier alpha value is -2.08. The van der Waals surface area contributed by atoms with Crippen molar-refractivity contribution in [1.29, 1.82) is 0 Å². The fourth-order valence-electron chi connectivity index (χ4n) is 1.95. The minimum atomic E-state index is -0.530. The van der Waals surface area contributed by atoms with E-state index in [1.165, 1.54) is 10.9 Å². The maximum atomic E-state index is 11.2. The van der Waals surface area contributed by atoms with Crippen LogP contribution in [0.3, 0.4) is 0 Å². The van der Waals surface area contributed by atoms with Gasteiger partial charge in [-0.2, -0.15) is 0 Å². The molecule has 1 aromatic carbocycles. The summed E-state index contributed by atoms with van der Waals surface area (Å²) in [5, 5.41) is 6.92. The Morgan fingerprint density at radius 1 is 1.40 bits per heavy atom. The van der Waals surface area contributed by atoms with E-state index in [4.69, 9.17) is 17.0 Å². The highest BCUT2D eigenvalue weighted by Gasteiger charge is 2.05. The second-order valence-corrected chi connectivity index (χ2v) is 4.62. The number of thiocarbonyl (C=S) groups is 1. The van der Waals surface area contributed by atoms with E-state index < -0.39 is 6.09 Å². The smallest absolute Gasteiger partial charge is 0.413 e. The van der Waals surface area contributed by atoms with Gasteiger partial charge in [0, 0.05) is 23.6 Å². The number of hydrogen-bond acceptors (Lipinski definition) is 3. The normalized spacial score (nSPS) is 10.2. The van der Waals surface area contributed by atoms with Crippen molar-refractivity contribution in [3.8, 4) is 0 Å². The number of amides is 1. The zero-order chi connectivity index (χ0) is 14.4. The molecule has 0 aliphatic carbocycles. The van der Waals surface area contributed by atoms with Gasteiger partial charge in [-0.1, -0.05) is 18.2 Å². The molecule has 1 aromatic heterocycles. The van der Waals surface area contributed by atoms with Crippen molar-refractivity contribution in [1.82, 2.24) is 15.6 Å². The van der Waals surface area contributed by atoms with Crippen LogP contribution in [0.1, 0.15) is 12.5 Å². The lowest BCUT2D eigenvalue weighted by Gasteiger charge is -2.08. The van der Waals surface area contributed by atoms with E-state index in [1.807, 2.05) is 24.4 Å². The Kier molecular flexibility index (Phi) is 4.95. The number of carbonyl (C=O) groups excluding carboxylic acids is 1. The summed E-state index contributed by atoms with van der Waals surface area (Å²) < 4.78 is 4.74. The molecular weight excluding hydrogens is 274 g/mol. The molecule has 5 nitrogen and oxygen atoms in total. The van der Waals surface area contributed by atoms with Crippen molar-refractivity contribution in [3.05, 3.63) is 36.0 Å². The molecule has 1 amide bonds. The maximum Gasteiger partial charge on any atom is 0.413 e. The van der Waals surface area contributed by atoms with Crippen molar-refractivity contribution in [2.75, 3.05) is 13.2 Å². The van der Waals surface area contributed by atoms with E-state index in [1.54, 1.807) is 6.92 Å². The quantitative estimate of drug-likeness (QED) is 0.756. The topological polar surface area (TPSA) is 66.2 Å². The van der Waals surface area contributed by atoms with E-state index in [2.05, 4.69) is 21.7 Å². The average molecular weight is 291 g/mol. The first-order valence-electron chi connectivity index (χ1n) is 6.47. The molecule has 20 heavy (non-hydrogen) atoms. The maximum absolute atomic E-state index is 11.2. The van der Waals surface area contributed by atoms with Crippen molar-refractivity contribution >= 4 is 34.3 Å². The van der Waals surface area contributed by atoms with Crippen LogP contribution >= 0.6 is 12.2 Å². The van der Waals surface area contributed by atoms with Gasteiger partial charge in [0.1, 0.15) is 0 Å². The number of para-hydroxylation sites is 1. The van der Waals surface area contributed by atoms with Gasteiger partial charge in [-0.15, -0.1) is 0 Å². The van der Waals surface area contributed by atoms with Gasteiger partial charge >= 0.3 is 6.09 Å². The van der Waals surface area contributed by atoms with E-state index in [9.17, 15) is 4.79 Å². The second kappa shape index (κ2) is 6.91. The highest BCUT2D eigenvalue weighted by molar-refractivity contribution is 7.80. The summed E-state index contributed by atoms with van der Waals surface area (Å²) in [6.07, 6.45) is 2.28. The molecule has 0 unspecified atom stereocenters. The third kappa shape index (κ3) is 3.71. The van der Waals surface area contributed by atoms with Crippen LogP contribution in [0.25, 0.3) is 10.9 Å². The minimum absolute atomic E-state index is 0.281. The Bertz CT molecular complexity index is 609. The molecule has 2 rings (SSSR count). The molecule has 0 aliphatic heterocycles. The minimum Gasteiger partial charge on any atom is -0.450 e. The van der Waals surface area contributed by atoms with Crippen LogP contribution < -0.4 is 10.6 Å². The number of H-pyrrole nitrogens is 1. The summed E-state index contributed by atoms with van der Waals surface area (Å²) >= 11 is 5.00. The van der Waals surface area contributed by atoms with Crippen LogP contribution in [0.15, 0.2) is 30.5 Å².